The molecular formula is C24H17F3N6O3. The van der Waals surface area contributed by atoms with Crippen LogP contribution in [0.25, 0.3) is 16.7 Å². The van der Waals surface area contributed by atoms with E-state index in [1.807, 2.05) is 0 Å². The van der Waals surface area contributed by atoms with Crippen LogP contribution in [0.4, 0.5) is 24.7 Å². The first kappa shape index (κ1) is 23.0. The van der Waals surface area contributed by atoms with Crippen LogP contribution < -0.4 is 10.9 Å². The molecule has 0 amide bonds. The number of esters is 1. The van der Waals surface area contributed by atoms with Gasteiger partial charge < -0.3 is 10.1 Å². The van der Waals surface area contributed by atoms with Gasteiger partial charge in [0.25, 0.3) is 5.56 Å². The third-order valence-electron chi connectivity index (χ3n) is 5.51. The van der Waals surface area contributed by atoms with E-state index in [0.29, 0.717) is 10.9 Å². The van der Waals surface area contributed by atoms with Crippen LogP contribution in [-0.2, 0) is 24.6 Å². The molecule has 0 aliphatic rings. The minimum Gasteiger partial charge on any atom is -0.454 e. The Morgan fingerprint density at radius 3 is 2.67 bits per heavy atom. The highest BCUT2D eigenvalue weighted by molar-refractivity contribution is 5.95. The van der Waals surface area contributed by atoms with Crippen LogP contribution in [0.1, 0.15) is 21.7 Å². The maximum absolute atomic E-state index is 13.1. The molecule has 0 saturated heterocycles. The summed E-state index contributed by atoms with van der Waals surface area (Å²) >= 11 is 0. The molecule has 5 aromatic rings. The van der Waals surface area contributed by atoms with E-state index in [-0.39, 0.29) is 40.8 Å². The van der Waals surface area contributed by atoms with Crippen LogP contribution in [0, 0.1) is 0 Å². The van der Waals surface area contributed by atoms with Crippen molar-refractivity contribution < 1.29 is 22.7 Å². The molecule has 12 heteroatoms. The lowest BCUT2D eigenvalue weighted by molar-refractivity contribution is -0.137. The molecule has 3 aromatic heterocycles. The van der Waals surface area contributed by atoms with Crippen LogP contribution in [0.2, 0.25) is 0 Å². The zero-order chi connectivity index (χ0) is 25.4. The molecule has 0 aliphatic carbocycles. The monoisotopic (exact) mass is 494 g/mol. The van der Waals surface area contributed by atoms with E-state index in [0.717, 1.165) is 12.1 Å². The summed E-state index contributed by atoms with van der Waals surface area (Å²) in [5.74, 6) is -0.191. The normalized spacial score (nSPS) is 11.7. The minimum atomic E-state index is -4.52. The number of aryl methyl sites for hydroxylation is 1. The fraction of sp³-hybridized carbons (Fsp3) is 0.125. The summed E-state index contributed by atoms with van der Waals surface area (Å²) in [6.07, 6.45) is -3.12. The third kappa shape index (κ3) is 4.13. The highest BCUT2D eigenvalue weighted by Crippen LogP contribution is 2.31. The number of benzene rings is 2. The molecule has 0 unspecified atom stereocenters. The number of carbonyl (C=O) groups is 1. The first-order chi connectivity index (χ1) is 17.2. The molecule has 9 nitrogen and oxygen atoms in total. The Morgan fingerprint density at radius 1 is 1.06 bits per heavy atom. The van der Waals surface area contributed by atoms with Crippen LogP contribution >= 0.6 is 0 Å². The van der Waals surface area contributed by atoms with Gasteiger partial charge in [0.05, 0.1) is 16.5 Å². The SMILES string of the molecule is Cn1c(=O)c2ccccc2n2c(COC(=O)c3cccnc3Nc3cccc(C(F)(F)F)c3)nnc12. The Morgan fingerprint density at radius 2 is 1.86 bits per heavy atom. The number of pyridine rings is 1. The van der Waals surface area contributed by atoms with E-state index >= 15 is 0 Å². The molecular weight excluding hydrogens is 477 g/mol. The van der Waals surface area contributed by atoms with Crippen molar-refractivity contribution >= 4 is 34.2 Å². The van der Waals surface area contributed by atoms with E-state index in [1.165, 1.54) is 35.0 Å². The number of carbonyl (C=O) groups excluding carboxylic acids is 1. The summed E-state index contributed by atoms with van der Waals surface area (Å²) in [7, 11) is 1.57. The summed E-state index contributed by atoms with van der Waals surface area (Å²) in [6, 6.07) is 14.4. The number of nitrogens with one attached hydrogen (secondary N) is 1. The van der Waals surface area contributed by atoms with E-state index < -0.39 is 17.7 Å². The standard InChI is InChI=1S/C24H17F3N6O3/c1-32-21(34)16-8-2-3-10-18(16)33-19(30-31-23(32)33)13-36-22(35)17-9-5-11-28-20(17)29-15-7-4-6-14(12-15)24(25,26)27/h2-12H,13H2,1H3,(H,28,29). The van der Waals surface area contributed by atoms with Gasteiger partial charge in [-0.25, -0.2) is 9.78 Å². The molecule has 0 radical (unpaired) electrons. The zero-order valence-electron chi connectivity index (χ0n) is 18.7. The topological polar surface area (TPSA) is 103 Å². The molecule has 3 heterocycles. The number of para-hydroxylation sites is 1. The maximum atomic E-state index is 13.1. The van der Waals surface area contributed by atoms with Crippen LogP contribution in [-0.4, -0.2) is 30.1 Å². The summed E-state index contributed by atoms with van der Waals surface area (Å²) in [5.41, 5.74) is -0.406. The zero-order valence-corrected chi connectivity index (χ0v) is 18.7. The molecule has 0 spiro atoms. The summed E-state index contributed by atoms with van der Waals surface area (Å²) in [4.78, 5) is 29.6. The van der Waals surface area contributed by atoms with Crippen molar-refractivity contribution in [1.82, 2.24) is 24.1 Å². The van der Waals surface area contributed by atoms with Gasteiger partial charge in [0, 0.05) is 18.9 Å². The van der Waals surface area contributed by atoms with Crippen LogP contribution in [0.15, 0.2) is 71.7 Å². The minimum absolute atomic E-state index is 0.0148. The maximum Gasteiger partial charge on any atom is 0.416 e. The highest BCUT2D eigenvalue weighted by Gasteiger charge is 2.30. The van der Waals surface area contributed by atoms with Crippen molar-refractivity contribution in [3.8, 4) is 0 Å². The van der Waals surface area contributed by atoms with Gasteiger partial charge in [-0.2, -0.15) is 13.2 Å². The molecule has 1 N–H and O–H groups in total. The number of rotatable bonds is 5. The Bertz CT molecular complexity index is 1680. The second kappa shape index (κ2) is 8.80. The van der Waals surface area contributed by atoms with Crippen molar-refractivity contribution in [2.24, 2.45) is 7.05 Å². The average molecular weight is 494 g/mol. The van der Waals surface area contributed by atoms with Gasteiger partial charge in [-0.15, -0.1) is 10.2 Å². The van der Waals surface area contributed by atoms with Crippen molar-refractivity contribution in [2.45, 2.75) is 12.8 Å². The molecule has 0 saturated carbocycles. The Kier molecular flexibility index (Phi) is 5.63. The van der Waals surface area contributed by atoms with Crippen molar-refractivity contribution in [3.63, 3.8) is 0 Å². The molecule has 0 aliphatic heterocycles. The highest BCUT2D eigenvalue weighted by atomic mass is 19.4. The lowest BCUT2D eigenvalue weighted by Gasteiger charge is -2.13. The predicted molar refractivity (Wildman–Crippen MR) is 124 cm³/mol. The molecule has 36 heavy (non-hydrogen) atoms. The number of hydrogen-bond donors (Lipinski definition) is 1. The van der Waals surface area contributed by atoms with Gasteiger partial charge in [-0.1, -0.05) is 18.2 Å². The van der Waals surface area contributed by atoms with Crippen LogP contribution in [0.3, 0.4) is 0 Å². The second-order valence-electron chi connectivity index (χ2n) is 7.81. The molecule has 2 aromatic carbocycles. The quantitative estimate of drug-likeness (QED) is 0.367. The number of anilines is 2. The second-order valence-corrected chi connectivity index (χ2v) is 7.81. The number of halogens is 3. The first-order valence-corrected chi connectivity index (χ1v) is 10.6. The smallest absolute Gasteiger partial charge is 0.416 e. The van der Waals surface area contributed by atoms with Gasteiger partial charge >= 0.3 is 12.1 Å². The van der Waals surface area contributed by atoms with Gasteiger partial charge in [-0.05, 0) is 42.5 Å². The van der Waals surface area contributed by atoms with Gasteiger partial charge in [-0.3, -0.25) is 13.8 Å². The van der Waals surface area contributed by atoms with E-state index in [1.54, 1.807) is 35.7 Å². The molecule has 182 valence electrons. The summed E-state index contributed by atoms with van der Waals surface area (Å²) < 4.78 is 47.6. The number of aromatic nitrogens is 5. The Labute approximate surface area is 200 Å². The summed E-state index contributed by atoms with van der Waals surface area (Å²) in [6.45, 7) is -0.278. The molecule has 0 atom stereocenters. The number of hydrogen-bond acceptors (Lipinski definition) is 7. The van der Waals surface area contributed by atoms with Gasteiger partial charge in [0.15, 0.2) is 12.4 Å². The largest absolute Gasteiger partial charge is 0.454 e. The first-order valence-electron chi connectivity index (χ1n) is 10.6. The average Bonchev–Trinajstić information content (AvgIpc) is 3.30. The number of ether oxygens (including phenoxy) is 1. The van der Waals surface area contributed by atoms with E-state index in [4.69, 9.17) is 4.74 Å². The van der Waals surface area contributed by atoms with Crippen molar-refractivity contribution in [3.05, 3.63) is 94.2 Å². The number of fused-ring (bicyclic) bond motifs is 3. The Hall–Kier alpha value is -4.74. The predicted octanol–water partition coefficient (Wildman–Crippen LogP) is 4.10. The summed E-state index contributed by atoms with van der Waals surface area (Å²) in [5, 5.41) is 11.3. The lowest BCUT2D eigenvalue weighted by atomic mass is 10.2. The fourth-order valence-corrected chi connectivity index (χ4v) is 3.77. The van der Waals surface area contributed by atoms with Gasteiger partial charge in [0.2, 0.25) is 5.78 Å². The van der Waals surface area contributed by atoms with Crippen LogP contribution in [0.5, 0.6) is 0 Å². The third-order valence-corrected chi connectivity index (χ3v) is 5.51. The van der Waals surface area contributed by atoms with Crippen molar-refractivity contribution in [1.29, 1.82) is 0 Å². The fourth-order valence-electron chi connectivity index (χ4n) is 3.77. The number of alkyl halides is 3. The van der Waals surface area contributed by atoms with Gasteiger partial charge in [0.1, 0.15) is 11.4 Å². The van der Waals surface area contributed by atoms with E-state index in [2.05, 4.69) is 20.5 Å². The molecule has 0 fully saturated rings. The number of nitrogens with zero attached hydrogens (tertiary/aromatic N) is 5. The lowest BCUT2D eigenvalue weighted by Crippen LogP contribution is -2.20. The molecule has 5 rings (SSSR count). The Balaban J connectivity index is 1.42. The molecule has 0 bridgehead atoms. The van der Waals surface area contributed by atoms with E-state index in [9.17, 15) is 22.8 Å². The van der Waals surface area contributed by atoms with Crippen molar-refractivity contribution in [2.75, 3.05) is 5.32 Å².